The molecule has 4 heteroatoms. The first kappa shape index (κ1) is 12.2. The highest BCUT2D eigenvalue weighted by Crippen LogP contribution is 2.26. The van der Waals surface area contributed by atoms with Crippen LogP contribution in [0.4, 0.5) is 0 Å². The van der Waals surface area contributed by atoms with Gasteiger partial charge in [-0.3, -0.25) is 4.79 Å². The molecule has 0 radical (unpaired) electrons. The van der Waals surface area contributed by atoms with Gasteiger partial charge in [0.2, 0.25) is 5.91 Å². The molecular weight excluding hydrogens is 220 g/mol. The Hall–Kier alpha value is -0.220. The summed E-state index contributed by atoms with van der Waals surface area (Å²) in [6.07, 6.45) is 2.21. The summed E-state index contributed by atoms with van der Waals surface area (Å²) in [6, 6.07) is 0. The predicted molar refractivity (Wildman–Crippen MR) is 68.7 cm³/mol. The topological polar surface area (TPSA) is 32.3 Å². The quantitative estimate of drug-likeness (QED) is 0.753. The van der Waals surface area contributed by atoms with Crippen LogP contribution in [0, 0.1) is 5.92 Å². The number of piperidine rings is 1. The minimum absolute atomic E-state index is 0.233. The number of carbonyl (C=O) groups is 1. The summed E-state index contributed by atoms with van der Waals surface area (Å²) in [5.41, 5.74) is 0. The van der Waals surface area contributed by atoms with E-state index in [2.05, 4.69) is 24.1 Å². The van der Waals surface area contributed by atoms with Crippen LogP contribution in [0.15, 0.2) is 0 Å². The molecule has 3 nitrogen and oxygen atoms in total. The largest absolute Gasteiger partial charge is 0.340 e. The minimum atomic E-state index is 0.233. The van der Waals surface area contributed by atoms with Crippen LogP contribution in [0.3, 0.4) is 0 Å². The van der Waals surface area contributed by atoms with E-state index in [-0.39, 0.29) is 5.92 Å². The summed E-state index contributed by atoms with van der Waals surface area (Å²) in [4.78, 5) is 14.4. The van der Waals surface area contributed by atoms with Gasteiger partial charge in [-0.15, -0.1) is 0 Å². The standard InChI is InChI=1S/C12H22N2OS/c1-9-7-14(8-10(2)16-9)12(15)11-4-3-5-13-6-11/h9-11,13H,3-8H2,1-2H3. The van der Waals surface area contributed by atoms with Crippen LogP contribution >= 0.6 is 11.8 Å². The molecule has 92 valence electrons. The number of thioether (sulfide) groups is 1. The van der Waals surface area contributed by atoms with Crippen molar-refractivity contribution in [2.75, 3.05) is 26.2 Å². The van der Waals surface area contributed by atoms with Crippen molar-refractivity contribution in [3.8, 4) is 0 Å². The molecule has 0 aromatic carbocycles. The lowest BCUT2D eigenvalue weighted by atomic mass is 9.98. The van der Waals surface area contributed by atoms with E-state index in [1.54, 1.807) is 0 Å². The molecule has 2 fully saturated rings. The second-order valence-electron chi connectivity index (χ2n) is 5.04. The zero-order valence-electron chi connectivity index (χ0n) is 10.2. The number of hydrogen-bond donors (Lipinski definition) is 1. The van der Waals surface area contributed by atoms with Gasteiger partial charge in [-0.1, -0.05) is 13.8 Å². The van der Waals surface area contributed by atoms with E-state index < -0.39 is 0 Å². The molecule has 0 saturated carbocycles. The van der Waals surface area contributed by atoms with Gasteiger partial charge in [0, 0.05) is 30.1 Å². The van der Waals surface area contributed by atoms with Crippen molar-refractivity contribution < 1.29 is 4.79 Å². The van der Waals surface area contributed by atoms with Crippen molar-refractivity contribution in [3.63, 3.8) is 0 Å². The van der Waals surface area contributed by atoms with E-state index in [0.717, 1.165) is 39.0 Å². The molecule has 0 spiro atoms. The summed E-state index contributed by atoms with van der Waals surface area (Å²) < 4.78 is 0. The molecule has 0 bridgehead atoms. The highest BCUT2D eigenvalue weighted by Gasteiger charge is 2.30. The Morgan fingerprint density at radius 3 is 2.56 bits per heavy atom. The van der Waals surface area contributed by atoms with Crippen LogP contribution < -0.4 is 5.32 Å². The fourth-order valence-electron chi connectivity index (χ4n) is 2.68. The highest BCUT2D eigenvalue weighted by atomic mass is 32.2. The van der Waals surface area contributed by atoms with Crippen LogP contribution in [0.5, 0.6) is 0 Å². The first-order chi connectivity index (χ1) is 7.66. The Labute approximate surface area is 102 Å². The molecule has 0 aliphatic carbocycles. The summed E-state index contributed by atoms with van der Waals surface area (Å²) >= 11 is 2.00. The number of nitrogens with zero attached hydrogens (tertiary/aromatic N) is 1. The predicted octanol–water partition coefficient (Wildman–Crippen LogP) is 1.34. The van der Waals surface area contributed by atoms with E-state index in [4.69, 9.17) is 0 Å². The normalized spacial score (nSPS) is 36.1. The third-order valence-corrected chi connectivity index (χ3v) is 4.60. The zero-order chi connectivity index (χ0) is 11.5. The van der Waals surface area contributed by atoms with Crippen LogP contribution in [-0.2, 0) is 4.79 Å². The molecule has 3 atom stereocenters. The van der Waals surface area contributed by atoms with Crippen LogP contribution in [0.2, 0.25) is 0 Å². The average molecular weight is 242 g/mol. The number of rotatable bonds is 1. The summed E-state index contributed by atoms with van der Waals surface area (Å²) in [5.74, 6) is 0.613. The molecule has 16 heavy (non-hydrogen) atoms. The monoisotopic (exact) mass is 242 g/mol. The van der Waals surface area contributed by atoms with Gasteiger partial charge >= 0.3 is 0 Å². The maximum Gasteiger partial charge on any atom is 0.227 e. The Bertz CT molecular complexity index is 243. The van der Waals surface area contributed by atoms with Crippen molar-refractivity contribution >= 4 is 17.7 Å². The van der Waals surface area contributed by atoms with Gasteiger partial charge in [0.25, 0.3) is 0 Å². The SMILES string of the molecule is CC1CN(C(=O)C2CCCNC2)CC(C)S1. The van der Waals surface area contributed by atoms with E-state index in [1.807, 2.05) is 11.8 Å². The summed E-state index contributed by atoms with van der Waals surface area (Å²) in [7, 11) is 0. The third kappa shape index (κ3) is 2.92. The van der Waals surface area contributed by atoms with Crippen molar-refractivity contribution in [1.29, 1.82) is 0 Å². The minimum Gasteiger partial charge on any atom is -0.340 e. The molecule has 0 aromatic rings. The number of amides is 1. The van der Waals surface area contributed by atoms with Gasteiger partial charge in [0.05, 0.1) is 5.92 Å². The molecule has 2 aliphatic rings. The van der Waals surface area contributed by atoms with E-state index in [1.165, 1.54) is 0 Å². The fourth-order valence-corrected chi connectivity index (χ4v) is 4.00. The van der Waals surface area contributed by atoms with Gasteiger partial charge in [0.15, 0.2) is 0 Å². The Morgan fingerprint density at radius 1 is 1.31 bits per heavy atom. The molecular formula is C12H22N2OS. The van der Waals surface area contributed by atoms with E-state index in [9.17, 15) is 4.79 Å². The zero-order valence-corrected chi connectivity index (χ0v) is 11.1. The lowest BCUT2D eigenvalue weighted by Gasteiger charge is -2.37. The van der Waals surface area contributed by atoms with E-state index in [0.29, 0.717) is 16.4 Å². The average Bonchev–Trinajstić information content (AvgIpc) is 2.28. The Balaban J connectivity index is 1.92. The van der Waals surface area contributed by atoms with Gasteiger partial charge in [-0.2, -0.15) is 11.8 Å². The maximum absolute atomic E-state index is 12.3. The lowest BCUT2D eigenvalue weighted by Crippen LogP contribution is -2.49. The van der Waals surface area contributed by atoms with E-state index >= 15 is 0 Å². The van der Waals surface area contributed by atoms with Crippen LogP contribution in [0.1, 0.15) is 26.7 Å². The van der Waals surface area contributed by atoms with Gasteiger partial charge in [0.1, 0.15) is 0 Å². The molecule has 1 N–H and O–H groups in total. The van der Waals surface area contributed by atoms with Crippen molar-refractivity contribution in [2.45, 2.75) is 37.2 Å². The first-order valence-corrected chi connectivity index (χ1v) is 7.26. The van der Waals surface area contributed by atoms with Crippen molar-refractivity contribution in [3.05, 3.63) is 0 Å². The maximum atomic E-state index is 12.3. The molecule has 1 amide bonds. The van der Waals surface area contributed by atoms with Crippen LogP contribution in [-0.4, -0.2) is 47.5 Å². The number of hydrogen-bond acceptors (Lipinski definition) is 3. The second kappa shape index (κ2) is 5.41. The molecule has 2 saturated heterocycles. The smallest absolute Gasteiger partial charge is 0.227 e. The van der Waals surface area contributed by atoms with Gasteiger partial charge < -0.3 is 10.2 Å². The first-order valence-electron chi connectivity index (χ1n) is 6.32. The van der Waals surface area contributed by atoms with Crippen LogP contribution in [0.25, 0.3) is 0 Å². The Kier molecular flexibility index (Phi) is 4.14. The fraction of sp³-hybridized carbons (Fsp3) is 0.917. The molecule has 2 heterocycles. The molecule has 0 aromatic heterocycles. The molecule has 3 unspecified atom stereocenters. The van der Waals surface area contributed by atoms with Gasteiger partial charge in [-0.25, -0.2) is 0 Å². The highest BCUT2D eigenvalue weighted by molar-refractivity contribution is 8.00. The third-order valence-electron chi connectivity index (χ3n) is 3.38. The molecule has 2 rings (SSSR count). The number of carbonyl (C=O) groups excluding carboxylic acids is 1. The Morgan fingerprint density at radius 2 is 2.00 bits per heavy atom. The van der Waals surface area contributed by atoms with Crippen molar-refractivity contribution in [2.24, 2.45) is 5.92 Å². The van der Waals surface area contributed by atoms with Crippen molar-refractivity contribution in [1.82, 2.24) is 10.2 Å². The number of nitrogens with one attached hydrogen (secondary N) is 1. The summed E-state index contributed by atoms with van der Waals surface area (Å²) in [5, 5.41) is 4.50. The van der Waals surface area contributed by atoms with Gasteiger partial charge in [-0.05, 0) is 19.4 Å². The summed E-state index contributed by atoms with van der Waals surface area (Å²) in [6.45, 7) is 8.27. The second-order valence-corrected chi connectivity index (χ2v) is 6.93. The lowest BCUT2D eigenvalue weighted by molar-refractivity contribution is -0.136. The molecule has 2 aliphatic heterocycles.